The number of piperidine rings is 1. The van der Waals surface area contributed by atoms with E-state index in [0.717, 1.165) is 31.4 Å². The highest BCUT2D eigenvalue weighted by molar-refractivity contribution is 6.06. The predicted octanol–water partition coefficient (Wildman–Crippen LogP) is 2.94. The Morgan fingerprint density at radius 3 is 2.53 bits per heavy atom. The average molecular weight is 504 g/mol. The molecule has 1 aromatic rings. The van der Waals surface area contributed by atoms with Gasteiger partial charge in [-0.15, -0.1) is 0 Å². The molecule has 2 aliphatic carbocycles. The second kappa shape index (κ2) is 9.61. The molecule has 10 heteroatoms. The molecule has 3 atom stereocenters. The lowest BCUT2D eigenvalue weighted by Gasteiger charge is -2.42. The molecule has 0 radical (unpaired) electrons. The normalized spacial score (nSPS) is 28.7. The van der Waals surface area contributed by atoms with E-state index in [1.807, 2.05) is 13.1 Å². The minimum absolute atomic E-state index is 0.0621. The van der Waals surface area contributed by atoms with Gasteiger partial charge >= 0.3 is 0 Å². The van der Waals surface area contributed by atoms with E-state index in [1.54, 1.807) is 6.07 Å². The van der Waals surface area contributed by atoms with Crippen LogP contribution in [-0.4, -0.2) is 59.8 Å². The number of benzene rings is 1. The van der Waals surface area contributed by atoms with Gasteiger partial charge in [0, 0.05) is 62.1 Å². The number of anilines is 2. The first kappa shape index (κ1) is 24.9. The molecule has 0 bridgehead atoms. The highest BCUT2D eigenvalue weighted by Crippen LogP contribution is 2.39. The number of hydrogen-bond donors (Lipinski definition) is 3. The molecule has 4 N–H and O–H groups in total. The molecular weight excluding hydrogens is 468 g/mol. The summed E-state index contributed by atoms with van der Waals surface area (Å²) in [7, 11) is 2.01. The van der Waals surface area contributed by atoms with Crippen molar-refractivity contribution in [1.82, 2.24) is 15.5 Å². The van der Waals surface area contributed by atoms with E-state index in [2.05, 4.69) is 15.5 Å². The molecule has 3 fully saturated rings. The van der Waals surface area contributed by atoms with E-state index in [1.165, 1.54) is 4.90 Å². The number of nitrogen functional groups attached to an aromatic ring is 1. The van der Waals surface area contributed by atoms with Gasteiger partial charge in [-0.3, -0.25) is 19.7 Å². The number of alkyl halides is 2. The van der Waals surface area contributed by atoms with Gasteiger partial charge in [-0.2, -0.15) is 0 Å². The highest BCUT2D eigenvalue weighted by atomic mass is 19.3. The van der Waals surface area contributed by atoms with Crippen LogP contribution in [-0.2, 0) is 16.1 Å². The third kappa shape index (κ3) is 4.67. The van der Waals surface area contributed by atoms with Crippen LogP contribution in [0.3, 0.4) is 0 Å². The zero-order valence-electron chi connectivity index (χ0n) is 20.7. The summed E-state index contributed by atoms with van der Waals surface area (Å²) in [5.41, 5.74) is 9.20. The maximum atomic E-state index is 13.6. The van der Waals surface area contributed by atoms with Crippen molar-refractivity contribution in [3.63, 3.8) is 0 Å². The Morgan fingerprint density at radius 2 is 1.81 bits per heavy atom. The van der Waals surface area contributed by atoms with Crippen molar-refractivity contribution in [2.75, 3.05) is 17.7 Å². The largest absolute Gasteiger partial charge is 0.397 e. The van der Waals surface area contributed by atoms with Crippen LogP contribution in [0.1, 0.15) is 80.1 Å². The number of nitrogens with two attached hydrogens (primary N) is 1. The number of carbonyl (C=O) groups is 3. The van der Waals surface area contributed by atoms with Gasteiger partial charge in [-0.05, 0) is 44.2 Å². The fraction of sp³-hybridized carbons (Fsp3) is 0.654. The molecule has 3 amide bonds. The van der Waals surface area contributed by atoms with Crippen LogP contribution in [0.25, 0.3) is 0 Å². The van der Waals surface area contributed by atoms with Crippen LogP contribution in [0.5, 0.6) is 0 Å². The number of hydrogen-bond acceptors (Lipinski definition) is 6. The van der Waals surface area contributed by atoms with Crippen molar-refractivity contribution in [3.05, 3.63) is 23.3 Å². The molecule has 2 heterocycles. The van der Waals surface area contributed by atoms with Gasteiger partial charge < -0.3 is 20.9 Å². The highest BCUT2D eigenvalue weighted by Gasteiger charge is 2.41. The molecule has 0 spiro atoms. The monoisotopic (exact) mass is 503 g/mol. The Kier molecular flexibility index (Phi) is 6.65. The molecule has 196 valence electrons. The van der Waals surface area contributed by atoms with E-state index < -0.39 is 17.9 Å². The third-order valence-corrected chi connectivity index (χ3v) is 8.51. The fourth-order valence-corrected chi connectivity index (χ4v) is 6.42. The molecule has 4 aliphatic rings. The first-order valence-electron chi connectivity index (χ1n) is 13.1. The second-order valence-corrected chi connectivity index (χ2v) is 10.8. The number of rotatable bonds is 5. The van der Waals surface area contributed by atoms with Crippen molar-refractivity contribution in [2.24, 2.45) is 0 Å². The number of amides is 3. The number of likely N-dealkylation sites (N-methyl/N-ethyl adjacent to an activating group) is 1. The lowest BCUT2D eigenvalue weighted by molar-refractivity contribution is -0.136. The summed E-state index contributed by atoms with van der Waals surface area (Å²) >= 11 is 0. The smallest absolute Gasteiger partial charge is 0.255 e. The maximum Gasteiger partial charge on any atom is 0.255 e. The Hall–Kier alpha value is -2.75. The Labute approximate surface area is 209 Å². The average Bonchev–Trinajstić information content (AvgIpc) is 3.18. The minimum atomic E-state index is -2.54. The quantitative estimate of drug-likeness (QED) is 0.421. The number of carbonyl (C=O) groups excluding carboxylic acids is 3. The van der Waals surface area contributed by atoms with Gasteiger partial charge in [0.15, 0.2) is 0 Å². The SMILES string of the molecule is CN(c1ccc2c(c1N)CN(C1CCC(=O)NC1=O)C2=O)[C@H]1CCCC[C@H]1NC1CCC(F)(F)CC1. The van der Waals surface area contributed by atoms with Gasteiger partial charge in [0.25, 0.3) is 5.91 Å². The lowest BCUT2D eigenvalue weighted by atomic mass is 9.86. The standard InChI is InChI=1S/C26H35F2N5O3/c1-32(19-5-3-2-4-18(19)30-15-10-12-26(27,28)13-11-15)20-7-6-16-17(23(20)29)14-33(25(16)36)21-8-9-22(34)31-24(21)35/h6-7,15,18-19,21,30H,2-5,8-14,29H2,1H3,(H,31,34,35)/t18-,19+,21?/m1/s1. The summed E-state index contributed by atoms with van der Waals surface area (Å²) in [6, 6.07) is 3.39. The van der Waals surface area contributed by atoms with Crippen molar-refractivity contribution in [3.8, 4) is 0 Å². The molecule has 1 aromatic carbocycles. The molecule has 36 heavy (non-hydrogen) atoms. The van der Waals surface area contributed by atoms with Gasteiger partial charge in [-0.25, -0.2) is 8.78 Å². The Bertz CT molecular complexity index is 1050. The fourth-order valence-electron chi connectivity index (χ4n) is 6.42. The van der Waals surface area contributed by atoms with E-state index in [-0.39, 0.29) is 55.7 Å². The van der Waals surface area contributed by atoms with Gasteiger partial charge in [0.2, 0.25) is 17.7 Å². The third-order valence-electron chi connectivity index (χ3n) is 8.51. The number of halogens is 2. The van der Waals surface area contributed by atoms with Crippen LogP contribution in [0.2, 0.25) is 0 Å². The lowest BCUT2D eigenvalue weighted by Crippen LogP contribution is -2.54. The molecule has 2 saturated carbocycles. The number of nitrogens with zero attached hydrogens (tertiary/aromatic N) is 2. The first-order chi connectivity index (χ1) is 17.1. The summed E-state index contributed by atoms with van der Waals surface area (Å²) in [5.74, 6) is -3.55. The zero-order chi connectivity index (χ0) is 25.6. The van der Waals surface area contributed by atoms with Crippen LogP contribution in [0.4, 0.5) is 20.2 Å². The van der Waals surface area contributed by atoms with E-state index in [9.17, 15) is 23.2 Å². The van der Waals surface area contributed by atoms with Crippen LogP contribution >= 0.6 is 0 Å². The zero-order valence-corrected chi connectivity index (χ0v) is 20.7. The van der Waals surface area contributed by atoms with Crippen LogP contribution in [0.15, 0.2) is 12.1 Å². The molecule has 2 aliphatic heterocycles. The minimum Gasteiger partial charge on any atom is -0.397 e. The number of imide groups is 1. The summed E-state index contributed by atoms with van der Waals surface area (Å²) in [5, 5.41) is 6.01. The van der Waals surface area contributed by atoms with Crippen molar-refractivity contribution in [2.45, 2.75) is 101 Å². The van der Waals surface area contributed by atoms with Crippen molar-refractivity contribution in [1.29, 1.82) is 0 Å². The van der Waals surface area contributed by atoms with E-state index in [4.69, 9.17) is 5.73 Å². The molecule has 0 aromatic heterocycles. The number of fused-ring (bicyclic) bond motifs is 1. The Morgan fingerprint density at radius 1 is 1.08 bits per heavy atom. The molecule has 1 saturated heterocycles. The number of nitrogens with one attached hydrogen (secondary N) is 2. The summed E-state index contributed by atoms with van der Waals surface area (Å²) in [4.78, 5) is 40.7. The van der Waals surface area contributed by atoms with Crippen molar-refractivity contribution < 1.29 is 23.2 Å². The van der Waals surface area contributed by atoms with Gasteiger partial charge in [-0.1, -0.05) is 12.8 Å². The molecular formula is C26H35F2N5O3. The molecule has 8 nitrogen and oxygen atoms in total. The van der Waals surface area contributed by atoms with Gasteiger partial charge in [0.1, 0.15) is 6.04 Å². The van der Waals surface area contributed by atoms with E-state index >= 15 is 0 Å². The summed E-state index contributed by atoms with van der Waals surface area (Å²) in [6.07, 6.45) is 5.49. The Balaban J connectivity index is 1.32. The predicted molar refractivity (Wildman–Crippen MR) is 132 cm³/mol. The topological polar surface area (TPSA) is 108 Å². The summed E-state index contributed by atoms with van der Waals surface area (Å²) in [6.45, 7) is 0.233. The summed E-state index contributed by atoms with van der Waals surface area (Å²) < 4.78 is 27.3. The van der Waals surface area contributed by atoms with Crippen LogP contribution < -0.4 is 21.3 Å². The van der Waals surface area contributed by atoms with E-state index in [0.29, 0.717) is 36.1 Å². The van der Waals surface area contributed by atoms with Crippen LogP contribution in [0, 0.1) is 0 Å². The molecule has 1 unspecified atom stereocenters. The maximum absolute atomic E-state index is 13.6. The molecule has 5 rings (SSSR count). The second-order valence-electron chi connectivity index (χ2n) is 10.8. The first-order valence-corrected chi connectivity index (χ1v) is 13.1. The van der Waals surface area contributed by atoms with Crippen molar-refractivity contribution >= 4 is 29.1 Å². The van der Waals surface area contributed by atoms with Gasteiger partial charge in [0.05, 0.1) is 11.4 Å².